The predicted molar refractivity (Wildman–Crippen MR) is 140 cm³/mol. The SMILES string of the molecule is O=C(c1ccc(F)cc1)N1NC(c2c(-c3ccccc3)c3cc(Cl)ccc3[nH]c2=O)=C[C@@H]1c1ccco1. The number of pyridine rings is 1. The number of aromatic amines is 1. The highest BCUT2D eigenvalue weighted by Crippen LogP contribution is 2.38. The summed E-state index contributed by atoms with van der Waals surface area (Å²) in [6.07, 6.45) is 3.29. The van der Waals surface area contributed by atoms with Crippen LogP contribution in [0.1, 0.15) is 27.7 Å². The van der Waals surface area contributed by atoms with Gasteiger partial charge in [-0.3, -0.25) is 15.0 Å². The number of aromatic nitrogens is 1. The van der Waals surface area contributed by atoms with E-state index in [1.54, 1.807) is 36.4 Å². The van der Waals surface area contributed by atoms with Crippen molar-refractivity contribution in [2.45, 2.75) is 6.04 Å². The number of hydrazine groups is 1. The minimum atomic E-state index is -0.652. The van der Waals surface area contributed by atoms with E-state index in [0.29, 0.717) is 33.1 Å². The van der Waals surface area contributed by atoms with Crippen LogP contribution in [0.15, 0.2) is 106 Å². The monoisotopic (exact) mass is 511 g/mol. The van der Waals surface area contributed by atoms with Crippen LogP contribution >= 0.6 is 11.6 Å². The second kappa shape index (κ2) is 9.11. The minimum Gasteiger partial charge on any atom is -0.467 e. The predicted octanol–water partition coefficient (Wildman–Crippen LogP) is 6.32. The molecule has 0 fully saturated rings. The molecular weight excluding hydrogens is 493 g/mol. The summed E-state index contributed by atoms with van der Waals surface area (Å²) in [4.78, 5) is 30.0. The molecule has 2 aromatic heterocycles. The number of benzene rings is 3. The van der Waals surface area contributed by atoms with Crippen LogP contribution in [0.3, 0.4) is 0 Å². The van der Waals surface area contributed by atoms with Crippen LogP contribution in [0.5, 0.6) is 0 Å². The highest BCUT2D eigenvalue weighted by molar-refractivity contribution is 6.31. The number of halogens is 2. The van der Waals surface area contributed by atoms with Crippen LogP contribution in [0.2, 0.25) is 5.02 Å². The summed E-state index contributed by atoms with van der Waals surface area (Å²) in [5, 5.41) is 2.66. The molecule has 1 aliphatic rings. The topological polar surface area (TPSA) is 78.3 Å². The largest absolute Gasteiger partial charge is 0.467 e. The van der Waals surface area contributed by atoms with E-state index in [4.69, 9.17) is 16.0 Å². The Morgan fingerprint density at radius 3 is 2.46 bits per heavy atom. The van der Waals surface area contributed by atoms with Crippen LogP contribution in [0, 0.1) is 5.82 Å². The maximum absolute atomic E-state index is 13.5. The normalized spacial score (nSPS) is 15.0. The van der Waals surface area contributed by atoms with Gasteiger partial charge in [-0.1, -0.05) is 41.9 Å². The smallest absolute Gasteiger partial charge is 0.273 e. The van der Waals surface area contributed by atoms with Crippen molar-refractivity contribution in [3.63, 3.8) is 0 Å². The molecule has 0 aliphatic carbocycles. The summed E-state index contributed by atoms with van der Waals surface area (Å²) in [5.74, 6) is -0.352. The zero-order valence-corrected chi connectivity index (χ0v) is 20.0. The van der Waals surface area contributed by atoms with E-state index in [-0.39, 0.29) is 11.1 Å². The van der Waals surface area contributed by atoms with Gasteiger partial charge in [0.1, 0.15) is 17.6 Å². The van der Waals surface area contributed by atoms with Gasteiger partial charge in [-0.25, -0.2) is 9.40 Å². The fourth-order valence-corrected chi connectivity index (χ4v) is 4.78. The first-order chi connectivity index (χ1) is 18.0. The summed E-state index contributed by atoms with van der Waals surface area (Å²) in [5.41, 5.74) is 5.99. The fraction of sp³-hybridized carbons (Fsp3) is 0.0345. The van der Waals surface area contributed by atoms with E-state index >= 15 is 0 Å². The lowest BCUT2D eigenvalue weighted by Crippen LogP contribution is -2.40. The molecule has 5 aromatic rings. The van der Waals surface area contributed by atoms with E-state index in [1.165, 1.54) is 35.5 Å². The zero-order chi connectivity index (χ0) is 25.5. The molecule has 8 heteroatoms. The van der Waals surface area contributed by atoms with Crippen LogP contribution < -0.4 is 11.0 Å². The molecule has 1 aliphatic heterocycles. The van der Waals surface area contributed by atoms with Gasteiger partial charge in [-0.2, -0.15) is 0 Å². The highest BCUT2D eigenvalue weighted by atomic mass is 35.5. The van der Waals surface area contributed by atoms with E-state index < -0.39 is 17.8 Å². The van der Waals surface area contributed by atoms with Crippen LogP contribution in [0.4, 0.5) is 4.39 Å². The van der Waals surface area contributed by atoms with E-state index in [9.17, 15) is 14.0 Å². The third-order valence-electron chi connectivity index (χ3n) is 6.30. The third kappa shape index (κ3) is 4.09. The molecule has 0 saturated heterocycles. The molecule has 37 heavy (non-hydrogen) atoms. The van der Waals surface area contributed by atoms with Gasteiger partial charge in [0.25, 0.3) is 11.5 Å². The lowest BCUT2D eigenvalue weighted by Gasteiger charge is -2.24. The number of nitrogens with zero attached hydrogens (tertiary/aromatic N) is 1. The number of amides is 1. The molecule has 0 unspecified atom stereocenters. The highest BCUT2D eigenvalue weighted by Gasteiger charge is 2.35. The van der Waals surface area contributed by atoms with E-state index in [1.807, 2.05) is 30.3 Å². The molecule has 6 rings (SSSR count). The molecular formula is C29H19ClFN3O3. The molecule has 6 nitrogen and oxygen atoms in total. The zero-order valence-electron chi connectivity index (χ0n) is 19.2. The minimum absolute atomic E-state index is 0.280. The maximum Gasteiger partial charge on any atom is 0.273 e. The Kier molecular flexibility index (Phi) is 5.62. The van der Waals surface area contributed by atoms with Gasteiger partial charge in [0.2, 0.25) is 0 Å². The van der Waals surface area contributed by atoms with Crippen LogP contribution in [0.25, 0.3) is 27.7 Å². The number of nitrogens with one attached hydrogen (secondary N) is 2. The van der Waals surface area contributed by atoms with E-state index in [0.717, 1.165) is 10.9 Å². The van der Waals surface area contributed by atoms with Gasteiger partial charge in [0.15, 0.2) is 0 Å². The molecule has 182 valence electrons. The Hall–Kier alpha value is -4.62. The first kappa shape index (κ1) is 22.8. The second-order valence-corrected chi connectivity index (χ2v) is 9.03. The molecule has 3 heterocycles. The Labute approximate surface area is 215 Å². The van der Waals surface area contributed by atoms with Gasteiger partial charge >= 0.3 is 0 Å². The summed E-state index contributed by atoms with van der Waals surface area (Å²) >= 11 is 6.35. The Morgan fingerprint density at radius 1 is 0.946 bits per heavy atom. The molecule has 0 bridgehead atoms. The summed E-state index contributed by atoms with van der Waals surface area (Å²) in [6.45, 7) is 0. The molecule has 1 atom stereocenters. The van der Waals surface area contributed by atoms with Gasteiger partial charge < -0.3 is 9.40 Å². The van der Waals surface area contributed by atoms with Gasteiger partial charge in [-0.05, 0) is 66.2 Å². The van der Waals surface area contributed by atoms with Crippen molar-refractivity contribution >= 4 is 34.1 Å². The van der Waals surface area contributed by atoms with Gasteiger partial charge in [-0.15, -0.1) is 0 Å². The van der Waals surface area contributed by atoms with Crippen molar-refractivity contribution < 1.29 is 13.6 Å². The third-order valence-corrected chi connectivity index (χ3v) is 6.53. The van der Waals surface area contributed by atoms with Crippen molar-refractivity contribution in [1.29, 1.82) is 0 Å². The quantitative estimate of drug-likeness (QED) is 0.296. The molecule has 0 saturated carbocycles. The second-order valence-electron chi connectivity index (χ2n) is 8.59. The summed E-state index contributed by atoms with van der Waals surface area (Å²) in [6, 6.07) is 22.9. The number of fused-ring (bicyclic) bond motifs is 1. The lowest BCUT2D eigenvalue weighted by molar-refractivity contribution is 0.0654. The number of rotatable bonds is 4. The number of hydrogen-bond donors (Lipinski definition) is 2. The Morgan fingerprint density at radius 2 is 1.73 bits per heavy atom. The molecule has 2 N–H and O–H groups in total. The van der Waals surface area contributed by atoms with Crippen LogP contribution in [-0.2, 0) is 0 Å². The van der Waals surface area contributed by atoms with Gasteiger partial charge in [0, 0.05) is 27.1 Å². The maximum atomic E-state index is 13.5. The van der Waals surface area contributed by atoms with Crippen molar-refractivity contribution in [2.75, 3.05) is 0 Å². The first-order valence-electron chi connectivity index (χ1n) is 11.5. The molecule has 0 spiro atoms. The lowest BCUT2D eigenvalue weighted by atomic mass is 9.94. The summed E-state index contributed by atoms with van der Waals surface area (Å²) in [7, 11) is 0. The number of carbonyl (C=O) groups is 1. The standard InChI is InChI=1S/C29H19ClFN3O3/c30-19-10-13-22-21(15-19)26(17-5-2-1-3-6-17)27(28(35)32-22)23-16-24(25-7-4-14-37-25)34(33-23)29(36)18-8-11-20(31)12-9-18/h1-16,24,33H,(H,32,35)/t24-/m1/s1. The van der Waals surface area contributed by atoms with Crippen molar-refractivity contribution in [3.8, 4) is 11.1 Å². The number of hydrogen-bond acceptors (Lipinski definition) is 4. The summed E-state index contributed by atoms with van der Waals surface area (Å²) < 4.78 is 19.1. The first-order valence-corrected chi connectivity index (χ1v) is 11.9. The molecule has 1 amide bonds. The van der Waals surface area contributed by atoms with E-state index in [2.05, 4.69) is 10.4 Å². The Bertz CT molecular complexity index is 1710. The number of furan rings is 1. The fourth-order valence-electron chi connectivity index (χ4n) is 4.61. The van der Waals surface area contributed by atoms with Crippen LogP contribution in [-0.4, -0.2) is 15.9 Å². The van der Waals surface area contributed by atoms with Crippen molar-refractivity contribution in [1.82, 2.24) is 15.4 Å². The van der Waals surface area contributed by atoms with Gasteiger partial charge in [0.05, 0.1) is 17.5 Å². The number of carbonyl (C=O) groups excluding carboxylic acids is 1. The average Bonchev–Trinajstić information content (AvgIpc) is 3.59. The average molecular weight is 512 g/mol. The molecule has 0 radical (unpaired) electrons. The van der Waals surface area contributed by atoms with Crippen molar-refractivity contribution in [2.24, 2.45) is 0 Å². The Balaban J connectivity index is 1.54. The molecule has 3 aromatic carbocycles. The van der Waals surface area contributed by atoms with Crippen molar-refractivity contribution in [3.05, 3.63) is 135 Å². The number of H-pyrrole nitrogens is 1.